The Morgan fingerprint density at radius 1 is 1.42 bits per heavy atom. The topological polar surface area (TPSA) is 75.5 Å². The van der Waals surface area contributed by atoms with Crippen molar-refractivity contribution in [2.45, 2.75) is 46.3 Å². The number of rotatable bonds is 7. The van der Waals surface area contributed by atoms with E-state index in [1.165, 1.54) is 0 Å². The molecule has 0 amide bonds. The van der Waals surface area contributed by atoms with Crippen molar-refractivity contribution in [1.29, 1.82) is 0 Å². The lowest BCUT2D eigenvalue weighted by Gasteiger charge is -2.26. The van der Waals surface area contributed by atoms with E-state index in [0.29, 0.717) is 18.4 Å². The number of carbonyl (C=O) groups is 1. The van der Waals surface area contributed by atoms with Crippen molar-refractivity contribution in [2.24, 2.45) is 0 Å². The van der Waals surface area contributed by atoms with Gasteiger partial charge in [-0.15, -0.1) is 0 Å². The summed E-state index contributed by atoms with van der Waals surface area (Å²) in [5, 5.41) is 8.77. The van der Waals surface area contributed by atoms with Gasteiger partial charge in [0.15, 0.2) is 0 Å². The number of hydrogen-bond acceptors (Lipinski definition) is 5. The van der Waals surface area contributed by atoms with Gasteiger partial charge in [0.05, 0.1) is 12.5 Å². The van der Waals surface area contributed by atoms with Crippen LogP contribution in [0.3, 0.4) is 0 Å². The Morgan fingerprint density at radius 2 is 2.11 bits per heavy atom. The zero-order chi connectivity index (χ0) is 14.4. The van der Waals surface area contributed by atoms with Crippen LogP contribution in [0.4, 0.5) is 5.95 Å². The molecule has 0 aliphatic carbocycles. The Labute approximate surface area is 113 Å². The van der Waals surface area contributed by atoms with Crippen molar-refractivity contribution in [3.8, 4) is 5.88 Å². The fraction of sp³-hybridized carbons (Fsp3) is 0.615. The van der Waals surface area contributed by atoms with E-state index in [2.05, 4.69) is 9.97 Å². The first-order valence-corrected chi connectivity index (χ1v) is 6.38. The van der Waals surface area contributed by atoms with Crippen LogP contribution in [-0.4, -0.2) is 39.7 Å². The van der Waals surface area contributed by atoms with E-state index in [4.69, 9.17) is 9.84 Å². The highest BCUT2D eigenvalue weighted by atomic mass is 16.5. The number of hydrogen-bond donors (Lipinski definition) is 1. The van der Waals surface area contributed by atoms with E-state index < -0.39 is 5.97 Å². The number of anilines is 1. The molecule has 0 spiro atoms. The number of carboxylic acids is 1. The number of nitrogens with zero attached hydrogens (tertiary/aromatic N) is 3. The highest BCUT2D eigenvalue weighted by Crippen LogP contribution is 2.16. The molecule has 1 rings (SSSR count). The molecule has 6 nitrogen and oxygen atoms in total. The highest BCUT2D eigenvalue weighted by molar-refractivity contribution is 5.67. The maximum absolute atomic E-state index is 10.7. The van der Waals surface area contributed by atoms with Crippen molar-refractivity contribution in [2.75, 3.05) is 11.4 Å². The Balaban J connectivity index is 2.86. The van der Waals surface area contributed by atoms with Gasteiger partial charge in [-0.2, -0.15) is 4.98 Å². The van der Waals surface area contributed by atoms with Crippen LogP contribution < -0.4 is 9.64 Å². The zero-order valence-electron chi connectivity index (χ0n) is 11.8. The van der Waals surface area contributed by atoms with Crippen LogP contribution in [0.15, 0.2) is 12.3 Å². The molecule has 0 aliphatic heterocycles. The molecule has 1 N–H and O–H groups in total. The molecule has 0 atom stereocenters. The van der Waals surface area contributed by atoms with Gasteiger partial charge in [0.2, 0.25) is 11.8 Å². The van der Waals surface area contributed by atoms with Crippen LogP contribution in [0, 0.1) is 0 Å². The highest BCUT2D eigenvalue weighted by Gasteiger charge is 2.15. The lowest BCUT2D eigenvalue weighted by Crippen LogP contribution is -2.34. The molecule has 1 aromatic rings. The van der Waals surface area contributed by atoms with Gasteiger partial charge in [-0.25, -0.2) is 4.98 Å². The first-order chi connectivity index (χ1) is 8.90. The van der Waals surface area contributed by atoms with E-state index in [1.54, 1.807) is 12.3 Å². The molecule has 6 heteroatoms. The van der Waals surface area contributed by atoms with Gasteiger partial charge >= 0.3 is 5.97 Å². The molecule has 19 heavy (non-hydrogen) atoms. The fourth-order valence-corrected chi connectivity index (χ4v) is 1.58. The molecular formula is C13H21N3O3. The standard InChI is InChI=1S/C13H21N3O3/c1-9(2)16(8-6-12(17)18)13-14-7-5-11(15-13)19-10(3)4/h5,7,9-10H,6,8H2,1-4H3,(H,17,18). The molecule has 0 saturated heterocycles. The third-order valence-electron chi connectivity index (χ3n) is 2.42. The molecule has 0 bridgehead atoms. The Morgan fingerprint density at radius 3 is 2.63 bits per heavy atom. The van der Waals surface area contributed by atoms with Gasteiger partial charge < -0.3 is 14.7 Å². The monoisotopic (exact) mass is 267 g/mol. The predicted octanol–water partition coefficient (Wildman–Crippen LogP) is 1.95. The maximum atomic E-state index is 10.7. The fourth-order valence-electron chi connectivity index (χ4n) is 1.58. The largest absolute Gasteiger partial charge is 0.481 e. The molecule has 0 fully saturated rings. The minimum atomic E-state index is -0.833. The van der Waals surface area contributed by atoms with Crippen LogP contribution in [0.1, 0.15) is 34.1 Å². The van der Waals surface area contributed by atoms with Crippen LogP contribution in [-0.2, 0) is 4.79 Å². The molecule has 1 heterocycles. The minimum absolute atomic E-state index is 0.0364. The average Bonchev–Trinajstić information content (AvgIpc) is 2.27. The number of carboxylic acid groups (broad SMARTS) is 1. The predicted molar refractivity (Wildman–Crippen MR) is 72.5 cm³/mol. The van der Waals surface area contributed by atoms with E-state index in [1.807, 2.05) is 32.6 Å². The Hall–Kier alpha value is -1.85. The van der Waals surface area contributed by atoms with E-state index >= 15 is 0 Å². The Kier molecular flexibility index (Phi) is 5.54. The molecular weight excluding hydrogens is 246 g/mol. The summed E-state index contributed by atoms with van der Waals surface area (Å²) in [6.45, 7) is 8.17. The zero-order valence-corrected chi connectivity index (χ0v) is 11.8. The van der Waals surface area contributed by atoms with Crippen LogP contribution in [0.5, 0.6) is 5.88 Å². The molecule has 106 valence electrons. The van der Waals surface area contributed by atoms with E-state index in [9.17, 15) is 4.79 Å². The summed E-state index contributed by atoms with van der Waals surface area (Å²) in [6.07, 6.45) is 1.71. The molecule has 1 aromatic heterocycles. The summed E-state index contributed by atoms with van der Waals surface area (Å²) in [5.41, 5.74) is 0. The molecule has 0 aliphatic rings. The van der Waals surface area contributed by atoms with E-state index in [-0.39, 0.29) is 18.6 Å². The summed E-state index contributed by atoms with van der Waals surface area (Å²) in [5.74, 6) is 0.163. The van der Waals surface area contributed by atoms with Crippen molar-refractivity contribution in [1.82, 2.24) is 9.97 Å². The minimum Gasteiger partial charge on any atom is -0.481 e. The second-order valence-corrected chi connectivity index (χ2v) is 4.79. The molecule has 0 saturated carbocycles. The molecule has 0 unspecified atom stereocenters. The van der Waals surface area contributed by atoms with Gasteiger partial charge in [0.1, 0.15) is 0 Å². The lowest BCUT2D eigenvalue weighted by molar-refractivity contribution is -0.136. The molecule has 0 aromatic carbocycles. The van der Waals surface area contributed by atoms with Crippen molar-refractivity contribution in [3.63, 3.8) is 0 Å². The van der Waals surface area contributed by atoms with Crippen molar-refractivity contribution >= 4 is 11.9 Å². The first kappa shape index (κ1) is 15.2. The summed E-state index contributed by atoms with van der Waals surface area (Å²) >= 11 is 0. The summed E-state index contributed by atoms with van der Waals surface area (Å²) in [7, 11) is 0. The quantitative estimate of drug-likeness (QED) is 0.813. The van der Waals surface area contributed by atoms with Crippen LogP contribution in [0.25, 0.3) is 0 Å². The van der Waals surface area contributed by atoms with Crippen LogP contribution in [0.2, 0.25) is 0 Å². The second kappa shape index (κ2) is 6.92. The maximum Gasteiger partial charge on any atom is 0.305 e. The number of aliphatic carboxylic acids is 1. The molecule has 0 radical (unpaired) electrons. The van der Waals surface area contributed by atoms with Crippen LogP contribution >= 0.6 is 0 Å². The Bertz CT molecular complexity index is 421. The first-order valence-electron chi connectivity index (χ1n) is 6.38. The summed E-state index contributed by atoms with van der Waals surface area (Å²) in [6, 6.07) is 1.81. The lowest BCUT2D eigenvalue weighted by atomic mass is 10.3. The van der Waals surface area contributed by atoms with Gasteiger partial charge in [-0.05, 0) is 27.7 Å². The summed E-state index contributed by atoms with van der Waals surface area (Å²) in [4.78, 5) is 21.0. The number of aromatic nitrogens is 2. The third-order valence-corrected chi connectivity index (χ3v) is 2.42. The van der Waals surface area contributed by atoms with Gasteiger partial charge in [-0.3, -0.25) is 4.79 Å². The third kappa shape index (κ3) is 5.11. The van der Waals surface area contributed by atoms with Gasteiger partial charge in [0, 0.05) is 24.8 Å². The van der Waals surface area contributed by atoms with E-state index in [0.717, 1.165) is 0 Å². The number of ether oxygens (including phenoxy) is 1. The second-order valence-electron chi connectivity index (χ2n) is 4.79. The summed E-state index contributed by atoms with van der Waals surface area (Å²) < 4.78 is 5.52. The normalized spacial score (nSPS) is 10.8. The smallest absolute Gasteiger partial charge is 0.305 e. The average molecular weight is 267 g/mol. The SMILES string of the molecule is CC(C)Oc1ccnc(N(CCC(=O)O)C(C)C)n1. The van der Waals surface area contributed by atoms with Crippen molar-refractivity contribution < 1.29 is 14.6 Å². The van der Waals surface area contributed by atoms with Gasteiger partial charge in [0.25, 0.3) is 0 Å². The van der Waals surface area contributed by atoms with Gasteiger partial charge in [-0.1, -0.05) is 0 Å². The van der Waals surface area contributed by atoms with Crippen molar-refractivity contribution in [3.05, 3.63) is 12.3 Å².